The molecule has 0 unspecified atom stereocenters. The van der Waals surface area contributed by atoms with Crippen LogP contribution in [-0.4, -0.2) is 13.1 Å². The van der Waals surface area contributed by atoms with Gasteiger partial charge in [0.15, 0.2) is 0 Å². The molecule has 0 saturated heterocycles. The van der Waals surface area contributed by atoms with Crippen molar-refractivity contribution in [3.05, 3.63) is 41.0 Å². The van der Waals surface area contributed by atoms with Crippen molar-refractivity contribution in [1.82, 2.24) is 5.32 Å². The van der Waals surface area contributed by atoms with Gasteiger partial charge in [-0.2, -0.15) is 0 Å². The van der Waals surface area contributed by atoms with Gasteiger partial charge >= 0.3 is 0 Å². The maximum atomic E-state index is 13.2. The SMILES string of the molecule is CCNCC(C)=Cc1c(F)cccc1F. The number of hydrogen-bond acceptors (Lipinski definition) is 1. The molecular formula is C12H15F2N. The molecule has 0 aromatic heterocycles. The molecule has 0 aliphatic heterocycles. The van der Waals surface area contributed by atoms with Gasteiger partial charge in [0.05, 0.1) is 0 Å². The Morgan fingerprint density at radius 1 is 1.33 bits per heavy atom. The Balaban J connectivity index is 2.87. The lowest BCUT2D eigenvalue weighted by Gasteiger charge is -2.03. The van der Waals surface area contributed by atoms with Crippen molar-refractivity contribution >= 4 is 6.08 Å². The monoisotopic (exact) mass is 211 g/mol. The van der Waals surface area contributed by atoms with Crippen molar-refractivity contribution < 1.29 is 8.78 Å². The molecule has 3 heteroatoms. The summed E-state index contributed by atoms with van der Waals surface area (Å²) in [5, 5.41) is 3.09. The molecule has 0 saturated carbocycles. The van der Waals surface area contributed by atoms with E-state index in [4.69, 9.17) is 0 Å². The third kappa shape index (κ3) is 3.44. The Hall–Kier alpha value is -1.22. The van der Waals surface area contributed by atoms with Gasteiger partial charge in [0, 0.05) is 12.1 Å². The van der Waals surface area contributed by atoms with E-state index < -0.39 is 11.6 Å². The van der Waals surface area contributed by atoms with Crippen LogP contribution in [0.1, 0.15) is 19.4 Å². The second kappa shape index (κ2) is 5.61. The van der Waals surface area contributed by atoms with Crippen LogP contribution in [0.5, 0.6) is 0 Å². The molecule has 0 radical (unpaired) electrons. The minimum absolute atomic E-state index is 0.0351. The first-order chi connectivity index (χ1) is 7.15. The molecule has 1 N–H and O–H groups in total. The molecule has 0 atom stereocenters. The van der Waals surface area contributed by atoms with Crippen molar-refractivity contribution in [1.29, 1.82) is 0 Å². The zero-order valence-electron chi connectivity index (χ0n) is 8.98. The van der Waals surface area contributed by atoms with Gasteiger partial charge in [0.1, 0.15) is 11.6 Å². The molecule has 1 rings (SSSR count). The van der Waals surface area contributed by atoms with E-state index in [1.165, 1.54) is 24.3 Å². The average Bonchev–Trinajstić information content (AvgIpc) is 2.21. The number of likely N-dealkylation sites (N-methyl/N-ethyl adjacent to an activating group) is 1. The largest absolute Gasteiger partial charge is 0.313 e. The van der Waals surface area contributed by atoms with E-state index >= 15 is 0 Å². The highest BCUT2D eigenvalue weighted by Crippen LogP contribution is 2.15. The molecule has 0 spiro atoms. The Morgan fingerprint density at radius 2 is 1.93 bits per heavy atom. The molecule has 0 fully saturated rings. The van der Waals surface area contributed by atoms with Crippen molar-refractivity contribution in [2.24, 2.45) is 0 Å². The smallest absolute Gasteiger partial charge is 0.133 e. The molecule has 0 bridgehead atoms. The number of nitrogens with one attached hydrogen (secondary N) is 1. The summed E-state index contributed by atoms with van der Waals surface area (Å²) in [6.45, 7) is 5.31. The zero-order valence-corrected chi connectivity index (χ0v) is 8.98. The van der Waals surface area contributed by atoms with Gasteiger partial charge in [-0.15, -0.1) is 0 Å². The quantitative estimate of drug-likeness (QED) is 0.807. The Morgan fingerprint density at radius 3 is 2.47 bits per heavy atom. The summed E-state index contributed by atoms with van der Waals surface area (Å²) in [4.78, 5) is 0. The van der Waals surface area contributed by atoms with Gasteiger partial charge in [0.2, 0.25) is 0 Å². The minimum Gasteiger partial charge on any atom is -0.313 e. The summed E-state index contributed by atoms with van der Waals surface area (Å²) in [7, 11) is 0. The second-order valence-corrected chi connectivity index (χ2v) is 3.41. The van der Waals surface area contributed by atoms with E-state index in [2.05, 4.69) is 5.32 Å². The maximum absolute atomic E-state index is 13.2. The zero-order chi connectivity index (χ0) is 11.3. The molecule has 0 heterocycles. The molecule has 1 nitrogen and oxygen atoms in total. The van der Waals surface area contributed by atoms with Crippen LogP contribution in [0.4, 0.5) is 8.78 Å². The summed E-state index contributed by atoms with van der Waals surface area (Å²) < 4.78 is 26.5. The number of benzene rings is 1. The van der Waals surface area contributed by atoms with E-state index in [1.54, 1.807) is 0 Å². The van der Waals surface area contributed by atoms with Crippen molar-refractivity contribution in [2.45, 2.75) is 13.8 Å². The van der Waals surface area contributed by atoms with Crippen LogP contribution in [0.25, 0.3) is 6.08 Å². The fourth-order valence-corrected chi connectivity index (χ4v) is 1.27. The fraction of sp³-hybridized carbons (Fsp3) is 0.333. The molecule has 1 aromatic carbocycles. The van der Waals surface area contributed by atoms with E-state index in [-0.39, 0.29) is 5.56 Å². The van der Waals surface area contributed by atoms with Crippen molar-refractivity contribution in [2.75, 3.05) is 13.1 Å². The molecule has 82 valence electrons. The van der Waals surface area contributed by atoms with Gasteiger partial charge in [0.25, 0.3) is 0 Å². The minimum atomic E-state index is -0.522. The van der Waals surface area contributed by atoms with Crippen molar-refractivity contribution in [3.63, 3.8) is 0 Å². The summed E-state index contributed by atoms with van der Waals surface area (Å²) in [5.41, 5.74) is 0.939. The second-order valence-electron chi connectivity index (χ2n) is 3.41. The third-order valence-corrected chi connectivity index (χ3v) is 2.04. The lowest BCUT2D eigenvalue weighted by molar-refractivity contribution is 0.578. The van der Waals surface area contributed by atoms with Crippen LogP contribution < -0.4 is 5.32 Å². The first-order valence-corrected chi connectivity index (χ1v) is 4.97. The third-order valence-electron chi connectivity index (χ3n) is 2.04. The molecule has 15 heavy (non-hydrogen) atoms. The van der Waals surface area contributed by atoms with Gasteiger partial charge in [-0.05, 0) is 31.7 Å². The van der Waals surface area contributed by atoms with E-state index in [9.17, 15) is 8.78 Å². The summed E-state index contributed by atoms with van der Waals surface area (Å²) in [5.74, 6) is -1.04. The first-order valence-electron chi connectivity index (χ1n) is 4.97. The van der Waals surface area contributed by atoms with Gasteiger partial charge < -0.3 is 5.32 Å². The van der Waals surface area contributed by atoms with Crippen molar-refractivity contribution in [3.8, 4) is 0 Å². The highest BCUT2D eigenvalue weighted by Gasteiger charge is 2.05. The van der Waals surface area contributed by atoms with Gasteiger partial charge in [-0.3, -0.25) is 0 Å². The Kier molecular flexibility index (Phi) is 4.43. The molecule has 0 aliphatic rings. The predicted molar refractivity (Wildman–Crippen MR) is 58.6 cm³/mol. The highest BCUT2D eigenvalue weighted by molar-refractivity contribution is 5.54. The van der Waals surface area contributed by atoms with Crippen LogP contribution in [-0.2, 0) is 0 Å². The highest BCUT2D eigenvalue weighted by atomic mass is 19.1. The number of rotatable bonds is 4. The van der Waals surface area contributed by atoms with Gasteiger partial charge in [-0.25, -0.2) is 8.78 Å². The number of halogens is 2. The summed E-state index contributed by atoms with van der Waals surface area (Å²) in [6.07, 6.45) is 1.54. The summed E-state index contributed by atoms with van der Waals surface area (Å²) in [6, 6.07) is 3.88. The first kappa shape index (κ1) is 11.9. The van der Waals surface area contributed by atoms with Crippen LogP contribution in [0, 0.1) is 11.6 Å². The normalized spacial score (nSPS) is 11.9. The lowest BCUT2D eigenvalue weighted by Crippen LogP contribution is -2.14. The van der Waals surface area contributed by atoms with Crippen LogP contribution in [0.3, 0.4) is 0 Å². The number of hydrogen-bond donors (Lipinski definition) is 1. The maximum Gasteiger partial charge on any atom is 0.133 e. The molecule has 1 aromatic rings. The molecule has 0 aliphatic carbocycles. The predicted octanol–water partition coefficient (Wildman–Crippen LogP) is 2.98. The van der Waals surface area contributed by atoms with E-state index in [1.807, 2.05) is 13.8 Å². The Bertz CT molecular complexity index is 338. The van der Waals surface area contributed by atoms with Crippen LogP contribution >= 0.6 is 0 Å². The van der Waals surface area contributed by atoms with Gasteiger partial charge in [-0.1, -0.05) is 18.6 Å². The summed E-state index contributed by atoms with van der Waals surface area (Å²) >= 11 is 0. The van der Waals surface area contributed by atoms with Crippen LogP contribution in [0.2, 0.25) is 0 Å². The van der Waals surface area contributed by atoms with E-state index in [0.29, 0.717) is 6.54 Å². The molecule has 0 amide bonds. The average molecular weight is 211 g/mol. The molecular weight excluding hydrogens is 196 g/mol. The standard InChI is InChI=1S/C12H15F2N/c1-3-15-8-9(2)7-10-11(13)5-4-6-12(10)14/h4-7,15H,3,8H2,1-2H3. The Labute approximate surface area is 88.8 Å². The van der Waals surface area contributed by atoms with E-state index in [0.717, 1.165) is 12.1 Å². The lowest BCUT2D eigenvalue weighted by atomic mass is 10.1. The van der Waals surface area contributed by atoms with Crippen LogP contribution in [0.15, 0.2) is 23.8 Å². The topological polar surface area (TPSA) is 12.0 Å². The fourth-order valence-electron chi connectivity index (χ4n) is 1.27.